The van der Waals surface area contributed by atoms with Crippen LogP contribution in [0.3, 0.4) is 0 Å². The number of amides is 2. The first-order chi connectivity index (χ1) is 15.6. The van der Waals surface area contributed by atoms with Crippen LogP contribution in [0, 0.1) is 27.7 Å². The Kier molecular flexibility index (Phi) is 6.83. The maximum Gasteiger partial charge on any atom is 0.293 e. The van der Waals surface area contributed by atoms with E-state index in [9.17, 15) is 9.59 Å². The molecule has 8 heteroatoms. The summed E-state index contributed by atoms with van der Waals surface area (Å²) >= 11 is 16.8. The highest BCUT2D eigenvalue weighted by molar-refractivity contribution is 9.10. The number of carbonyl (C=O) groups excluding carboxylic acids is 2. The minimum absolute atomic E-state index is 0.106. The molecule has 33 heavy (non-hydrogen) atoms. The number of carbonyl (C=O) groups is 2. The van der Waals surface area contributed by atoms with Crippen molar-refractivity contribution in [2.24, 2.45) is 0 Å². The van der Waals surface area contributed by atoms with Crippen LogP contribution in [-0.4, -0.2) is 20.6 Å². The molecule has 2 heterocycles. The summed E-state index contributed by atoms with van der Waals surface area (Å²) < 4.78 is 3.26. The standard InChI is InChI=1S/C25H21BrCl2N2O2S/c1-13-7-20(8-14(2)23(13)26)30-15(3)9-18(16(30)4)10-22-24(31)29(25(32)33-22)12-17-5-6-19(27)11-21(17)28/h5-11H,12H2,1-4H3/b22-10-. The number of halogens is 3. The van der Waals surface area contributed by atoms with E-state index in [2.05, 4.69) is 46.5 Å². The summed E-state index contributed by atoms with van der Waals surface area (Å²) in [6.07, 6.45) is 1.80. The fraction of sp³-hybridized carbons (Fsp3) is 0.200. The van der Waals surface area contributed by atoms with Crippen LogP contribution >= 0.6 is 50.9 Å². The number of hydrogen-bond donors (Lipinski definition) is 0. The van der Waals surface area contributed by atoms with Gasteiger partial charge < -0.3 is 4.57 Å². The quantitative estimate of drug-likeness (QED) is 0.302. The average Bonchev–Trinajstić information content (AvgIpc) is 3.17. The molecule has 0 N–H and O–H groups in total. The average molecular weight is 564 g/mol. The Morgan fingerprint density at radius 1 is 1.00 bits per heavy atom. The zero-order valence-electron chi connectivity index (χ0n) is 18.5. The van der Waals surface area contributed by atoms with E-state index < -0.39 is 0 Å². The Bertz CT molecular complexity index is 1320. The molecule has 3 aromatic rings. The smallest absolute Gasteiger partial charge is 0.293 e. The largest absolute Gasteiger partial charge is 0.318 e. The van der Waals surface area contributed by atoms with Gasteiger partial charge in [0.2, 0.25) is 0 Å². The van der Waals surface area contributed by atoms with Crippen molar-refractivity contribution < 1.29 is 9.59 Å². The molecule has 170 valence electrons. The van der Waals surface area contributed by atoms with E-state index in [1.54, 1.807) is 24.3 Å². The van der Waals surface area contributed by atoms with E-state index in [0.29, 0.717) is 20.5 Å². The Hall–Kier alpha value is -1.99. The summed E-state index contributed by atoms with van der Waals surface area (Å²) in [4.78, 5) is 27.3. The van der Waals surface area contributed by atoms with Gasteiger partial charge in [0.1, 0.15) is 0 Å². The second-order valence-corrected chi connectivity index (χ2v) is 10.7. The van der Waals surface area contributed by atoms with Crippen molar-refractivity contribution >= 4 is 68.1 Å². The number of aromatic nitrogens is 1. The lowest BCUT2D eigenvalue weighted by Crippen LogP contribution is -2.27. The monoisotopic (exact) mass is 562 g/mol. The molecule has 2 aromatic carbocycles. The number of nitrogens with zero attached hydrogens (tertiary/aromatic N) is 2. The minimum Gasteiger partial charge on any atom is -0.318 e. The summed E-state index contributed by atoms with van der Waals surface area (Å²) in [7, 11) is 0. The first-order valence-corrected chi connectivity index (χ1v) is 12.6. The van der Waals surface area contributed by atoms with Crippen molar-refractivity contribution in [2.45, 2.75) is 34.2 Å². The SMILES string of the molecule is Cc1cc(-n2c(C)cc(/C=C3\SC(=O)N(Cc4ccc(Cl)cc4Cl)C3=O)c2C)cc(C)c1Br. The van der Waals surface area contributed by atoms with Gasteiger partial charge in [-0.2, -0.15) is 0 Å². The molecule has 4 rings (SSSR count). The lowest BCUT2D eigenvalue weighted by Gasteiger charge is -2.14. The third kappa shape index (κ3) is 4.67. The molecular formula is C25H21BrCl2N2O2S. The van der Waals surface area contributed by atoms with Crippen molar-refractivity contribution in [3.05, 3.63) is 89.5 Å². The highest BCUT2D eigenvalue weighted by Crippen LogP contribution is 2.36. The number of rotatable bonds is 4. The van der Waals surface area contributed by atoms with Crippen molar-refractivity contribution in [3.63, 3.8) is 0 Å². The molecule has 1 aliphatic rings. The van der Waals surface area contributed by atoms with E-state index >= 15 is 0 Å². The van der Waals surface area contributed by atoms with E-state index in [-0.39, 0.29) is 17.7 Å². The molecule has 1 fully saturated rings. The molecule has 0 saturated carbocycles. The number of imide groups is 1. The molecular weight excluding hydrogens is 543 g/mol. The van der Waals surface area contributed by atoms with Gasteiger partial charge in [0.25, 0.3) is 11.1 Å². The summed E-state index contributed by atoms with van der Waals surface area (Å²) in [6, 6.07) is 11.3. The topological polar surface area (TPSA) is 42.3 Å². The number of benzene rings is 2. The summed E-state index contributed by atoms with van der Waals surface area (Å²) in [6.45, 7) is 8.29. The molecule has 1 aromatic heterocycles. The summed E-state index contributed by atoms with van der Waals surface area (Å²) in [5.74, 6) is -0.323. The van der Waals surface area contributed by atoms with Gasteiger partial charge in [-0.1, -0.05) is 45.2 Å². The third-order valence-corrected chi connectivity index (χ3v) is 8.40. The molecule has 0 spiro atoms. The second-order valence-electron chi connectivity index (χ2n) is 8.06. The Labute approximate surface area is 215 Å². The zero-order valence-corrected chi connectivity index (χ0v) is 22.4. The van der Waals surface area contributed by atoms with Gasteiger partial charge in [-0.3, -0.25) is 14.5 Å². The lowest BCUT2D eigenvalue weighted by molar-refractivity contribution is -0.123. The molecule has 2 amide bonds. The fourth-order valence-corrected chi connectivity index (χ4v) is 5.51. The van der Waals surface area contributed by atoms with Crippen LogP contribution in [0.15, 0.2) is 45.8 Å². The Balaban J connectivity index is 1.65. The molecule has 4 nitrogen and oxygen atoms in total. The number of thioether (sulfide) groups is 1. The van der Waals surface area contributed by atoms with Gasteiger partial charge in [-0.05, 0) is 98.1 Å². The van der Waals surface area contributed by atoms with Crippen LogP contribution < -0.4 is 0 Å². The second kappa shape index (κ2) is 9.34. The van der Waals surface area contributed by atoms with Crippen LogP contribution in [0.2, 0.25) is 10.0 Å². The van der Waals surface area contributed by atoms with Crippen LogP contribution in [0.5, 0.6) is 0 Å². The number of hydrogen-bond acceptors (Lipinski definition) is 3. The van der Waals surface area contributed by atoms with E-state index in [4.69, 9.17) is 23.2 Å². The predicted octanol–water partition coefficient (Wildman–Crippen LogP) is 8.02. The maximum absolute atomic E-state index is 13.0. The molecule has 0 aliphatic carbocycles. The molecule has 0 radical (unpaired) electrons. The fourth-order valence-electron chi connectivity index (χ4n) is 3.98. The first kappa shape index (κ1) is 24.1. The normalized spacial score (nSPS) is 15.2. The van der Waals surface area contributed by atoms with Gasteiger partial charge in [0.15, 0.2) is 0 Å². The maximum atomic E-state index is 13.0. The van der Waals surface area contributed by atoms with E-state index in [1.165, 1.54) is 4.90 Å². The van der Waals surface area contributed by atoms with Crippen LogP contribution in [0.4, 0.5) is 4.79 Å². The van der Waals surface area contributed by atoms with Crippen molar-refractivity contribution in [2.75, 3.05) is 0 Å². The molecule has 0 unspecified atom stereocenters. The minimum atomic E-state index is -0.323. The van der Waals surface area contributed by atoms with E-state index in [0.717, 1.165) is 50.0 Å². The first-order valence-electron chi connectivity index (χ1n) is 10.2. The van der Waals surface area contributed by atoms with Gasteiger partial charge in [-0.15, -0.1) is 0 Å². The molecule has 0 bridgehead atoms. The van der Waals surface area contributed by atoms with Gasteiger partial charge in [0.05, 0.1) is 11.4 Å². The van der Waals surface area contributed by atoms with Crippen molar-refractivity contribution in [1.82, 2.24) is 9.47 Å². The summed E-state index contributed by atoms with van der Waals surface area (Å²) in [5.41, 5.74) is 6.99. The van der Waals surface area contributed by atoms with Crippen LogP contribution in [0.25, 0.3) is 11.8 Å². The lowest BCUT2D eigenvalue weighted by atomic mass is 10.1. The van der Waals surface area contributed by atoms with Crippen molar-refractivity contribution in [1.29, 1.82) is 0 Å². The highest BCUT2D eigenvalue weighted by Gasteiger charge is 2.35. The van der Waals surface area contributed by atoms with Crippen LogP contribution in [0.1, 0.15) is 33.6 Å². The molecule has 1 aliphatic heterocycles. The summed E-state index contributed by atoms with van der Waals surface area (Å²) in [5, 5.41) is 0.615. The Morgan fingerprint density at radius 3 is 2.30 bits per heavy atom. The predicted molar refractivity (Wildman–Crippen MR) is 140 cm³/mol. The Morgan fingerprint density at radius 2 is 1.67 bits per heavy atom. The van der Waals surface area contributed by atoms with Gasteiger partial charge in [-0.25, -0.2) is 0 Å². The number of aryl methyl sites for hydroxylation is 3. The van der Waals surface area contributed by atoms with Crippen molar-refractivity contribution in [3.8, 4) is 5.69 Å². The van der Waals surface area contributed by atoms with Gasteiger partial charge in [0, 0.05) is 31.6 Å². The van der Waals surface area contributed by atoms with Crippen LogP contribution in [-0.2, 0) is 11.3 Å². The highest BCUT2D eigenvalue weighted by atomic mass is 79.9. The van der Waals surface area contributed by atoms with Gasteiger partial charge >= 0.3 is 0 Å². The zero-order chi connectivity index (χ0) is 24.0. The van der Waals surface area contributed by atoms with E-state index in [1.807, 2.05) is 19.9 Å². The molecule has 0 atom stereocenters. The third-order valence-electron chi connectivity index (χ3n) is 5.65. The molecule has 1 saturated heterocycles.